The Morgan fingerprint density at radius 1 is 1.45 bits per heavy atom. The monoisotopic (exact) mass is 281 g/mol. The van der Waals surface area contributed by atoms with Crippen LogP contribution in [0.15, 0.2) is 0 Å². The van der Waals surface area contributed by atoms with Crippen molar-refractivity contribution in [3.63, 3.8) is 0 Å². The van der Waals surface area contributed by atoms with E-state index in [-0.39, 0.29) is 11.9 Å². The molecular weight excluding hydrogens is 254 g/mol. The molecule has 0 spiro atoms. The van der Waals surface area contributed by atoms with Gasteiger partial charge in [0.1, 0.15) is 31.2 Å². The Kier molecular flexibility index (Phi) is 4.21. The van der Waals surface area contributed by atoms with Crippen LogP contribution in [0.4, 0.5) is 0 Å². The van der Waals surface area contributed by atoms with Crippen molar-refractivity contribution >= 4 is 11.7 Å². The van der Waals surface area contributed by atoms with Crippen molar-refractivity contribution in [2.24, 2.45) is 0 Å². The number of amides is 1. The Bertz CT molecular complexity index is 389. The fourth-order valence-corrected chi connectivity index (χ4v) is 3.43. The molecular formula is C14H27N5O+2. The molecule has 0 bridgehead atoms. The molecule has 6 heteroatoms. The minimum Gasteiger partial charge on any atom is -0.343 e. The van der Waals surface area contributed by atoms with Gasteiger partial charge in [-0.1, -0.05) is 0 Å². The summed E-state index contributed by atoms with van der Waals surface area (Å²) in [5.41, 5.74) is 0. The number of hydrogen-bond donors (Lipinski definition) is 5. The van der Waals surface area contributed by atoms with E-state index in [4.69, 9.17) is 0 Å². The molecule has 2 heterocycles. The lowest BCUT2D eigenvalue weighted by molar-refractivity contribution is -0.692. The summed E-state index contributed by atoms with van der Waals surface area (Å²) in [6.45, 7) is 4.49. The van der Waals surface area contributed by atoms with Crippen molar-refractivity contribution in [3.05, 3.63) is 0 Å². The highest BCUT2D eigenvalue weighted by Crippen LogP contribution is 2.17. The maximum Gasteiger partial charge on any atom is 0.263 e. The van der Waals surface area contributed by atoms with E-state index in [0.29, 0.717) is 24.7 Å². The summed E-state index contributed by atoms with van der Waals surface area (Å²) >= 11 is 0. The summed E-state index contributed by atoms with van der Waals surface area (Å²) in [7, 11) is 0. The van der Waals surface area contributed by atoms with E-state index in [1.807, 2.05) is 0 Å². The van der Waals surface area contributed by atoms with Gasteiger partial charge in [-0.2, -0.15) is 0 Å². The minimum absolute atomic E-state index is 0.0597. The van der Waals surface area contributed by atoms with Gasteiger partial charge < -0.3 is 10.6 Å². The molecule has 1 saturated carbocycles. The molecule has 4 unspecified atom stereocenters. The Balaban J connectivity index is 1.44. The number of amidine groups is 1. The highest BCUT2D eigenvalue weighted by Gasteiger charge is 2.36. The molecule has 0 aromatic rings. The zero-order valence-corrected chi connectivity index (χ0v) is 12.2. The number of nitrogens with one attached hydrogen (secondary N) is 4. The van der Waals surface area contributed by atoms with Gasteiger partial charge in [-0.05, 0) is 32.6 Å². The van der Waals surface area contributed by atoms with Crippen LogP contribution in [-0.2, 0) is 4.79 Å². The molecule has 4 atom stereocenters. The molecule has 20 heavy (non-hydrogen) atoms. The minimum atomic E-state index is -0.0597. The molecule has 1 amide bonds. The quantitative estimate of drug-likeness (QED) is 0.371. The van der Waals surface area contributed by atoms with E-state index in [9.17, 15) is 4.79 Å². The zero-order chi connectivity index (χ0) is 13.9. The molecule has 6 nitrogen and oxygen atoms in total. The largest absolute Gasteiger partial charge is 0.343 e. The van der Waals surface area contributed by atoms with Crippen LogP contribution in [0.3, 0.4) is 0 Å². The maximum absolute atomic E-state index is 12.1. The number of piperazine rings is 1. The molecule has 6 N–H and O–H groups in total. The number of carbonyl (C=O) groups is 1. The first-order valence-electron chi connectivity index (χ1n) is 7.95. The van der Waals surface area contributed by atoms with E-state index in [1.165, 1.54) is 25.7 Å². The molecule has 3 rings (SSSR count). The zero-order valence-electron chi connectivity index (χ0n) is 12.2. The summed E-state index contributed by atoms with van der Waals surface area (Å²) in [5.74, 6) is 1.20. The van der Waals surface area contributed by atoms with Crippen molar-refractivity contribution in [1.82, 2.24) is 16.0 Å². The van der Waals surface area contributed by atoms with Gasteiger partial charge >= 0.3 is 0 Å². The fraction of sp³-hybridized carbons (Fsp3) is 0.857. The van der Waals surface area contributed by atoms with E-state index >= 15 is 0 Å². The molecule has 1 aliphatic carbocycles. The van der Waals surface area contributed by atoms with Gasteiger partial charge in [-0.15, -0.1) is 0 Å². The van der Waals surface area contributed by atoms with Gasteiger partial charge in [0.15, 0.2) is 0 Å². The standard InChI is InChI=1S/C14H25N5O/c1-9-6-16-12(7-15-9)14(20)17-8-13-18-10-4-2-3-5-11(10)19-13/h9-12,15-16H,2-8H2,1H3,(H,17,20)(H,18,19)/p+2. The second kappa shape index (κ2) is 6.10. The summed E-state index contributed by atoms with van der Waals surface area (Å²) in [6.07, 6.45) is 5.11. The van der Waals surface area contributed by atoms with Gasteiger partial charge in [0.25, 0.3) is 5.84 Å². The molecule has 2 fully saturated rings. The van der Waals surface area contributed by atoms with Gasteiger partial charge in [0.2, 0.25) is 5.91 Å². The molecule has 2 aliphatic heterocycles. The summed E-state index contributed by atoms with van der Waals surface area (Å²) in [4.78, 5) is 15.6. The first-order valence-corrected chi connectivity index (χ1v) is 7.95. The Labute approximate surface area is 120 Å². The van der Waals surface area contributed by atoms with Crippen molar-refractivity contribution in [3.8, 4) is 0 Å². The van der Waals surface area contributed by atoms with Gasteiger partial charge in [-0.3, -0.25) is 20.4 Å². The van der Waals surface area contributed by atoms with Crippen molar-refractivity contribution in [2.45, 2.75) is 56.8 Å². The number of carbonyl (C=O) groups excluding carboxylic acids is 1. The highest BCUT2D eigenvalue weighted by atomic mass is 16.2. The second-order valence-corrected chi connectivity index (χ2v) is 6.39. The molecule has 112 valence electrons. The van der Waals surface area contributed by atoms with E-state index in [2.05, 4.69) is 33.2 Å². The van der Waals surface area contributed by atoms with Crippen LogP contribution in [0, 0.1) is 0 Å². The van der Waals surface area contributed by atoms with Crippen LogP contribution in [0.1, 0.15) is 32.6 Å². The Hall–Kier alpha value is -1.14. The average molecular weight is 281 g/mol. The van der Waals surface area contributed by atoms with E-state index < -0.39 is 0 Å². The fourth-order valence-electron chi connectivity index (χ4n) is 3.43. The van der Waals surface area contributed by atoms with Gasteiger partial charge in [0.05, 0.1) is 6.04 Å². The van der Waals surface area contributed by atoms with Crippen LogP contribution in [0.25, 0.3) is 0 Å². The lowest BCUT2D eigenvalue weighted by Gasteiger charge is -2.25. The van der Waals surface area contributed by atoms with E-state index in [0.717, 1.165) is 18.9 Å². The van der Waals surface area contributed by atoms with Crippen molar-refractivity contribution in [2.75, 3.05) is 19.6 Å². The predicted molar refractivity (Wildman–Crippen MR) is 76.2 cm³/mol. The third-order valence-corrected chi connectivity index (χ3v) is 4.70. The third-order valence-electron chi connectivity index (χ3n) is 4.70. The number of rotatable bonds is 3. The van der Waals surface area contributed by atoms with Crippen LogP contribution >= 0.6 is 0 Å². The van der Waals surface area contributed by atoms with E-state index in [1.54, 1.807) is 0 Å². The topological polar surface area (TPSA) is 83.7 Å². The third kappa shape index (κ3) is 3.12. The first-order chi connectivity index (χ1) is 9.72. The van der Waals surface area contributed by atoms with Crippen LogP contribution in [-0.4, -0.2) is 55.5 Å². The van der Waals surface area contributed by atoms with Crippen molar-refractivity contribution in [1.29, 1.82) is 0 Å². The summed E-state index contributed by atoms with van der Waals surface area (Å²) < 4.78 is 0. The molecule has 0 aromatic heterocycles. The second-order valence-electron chi connectivity index (χ2n) is 6.39. The average Bonchev–Trinajstić information content (AvgIpc) is 2.88. The maximum atomic E-state index is 12.1. The molecule has 3 aliphatic rings. The van der Waals surface area contributed by atoms with Crippen LogP contribution in [0.5, 0.6) is 0 Å². The summed E-state index contributed by atoms with van der Waals surface area (Å²) in [5, 5.41) is 12.1. The normalized spacial score (nSPS) is 36.8. The first kappa shape index (κ1) is 13.8. The Morgan fingerprint density at radius 2 is 2.30 bits per heavy atom. The molecule has 1 saturated heterocycles. The lowest BCUT2D eigenvalue weighted by atomic mass is 9.92. The Morgan fingerprint density at radius 3 is 3.05 bits per heavy atom. The number of quaternary nitrogens is 1. The van der Waals surface area contributed by atoms with Crippen molar-refractivity contribution < 1.29 is 15.1 Å². The number of hydrogen-bond acceptors (Lipinski definition) is 3. The van der Waals surface area contributed by atoms with Crippen LogP contribution in [0.2, 0.25) is 0 Å². The van der Waals surface area contributed by atoms with Gasteiger partial charge in [-0.25, -0.2) is 0 Å². The number of fused-ring (bicyclic) bond motifs is 1. The predicted octanol–water partition coefficient (Wildman–Crippen LogP) is -3.58. The SMILES string of the molecule is CC1CNC(C(=O)NCC2=[NH+]C3CCCCC3N2)C[NH2+]1. The lowest BCUT2D eigenvalue weighted by Crippen LogP contribution is -2.97. The molecule has 0 aromatic carbocycles. The molecule has 0 radical (unpaired) electrons. The van der Waals surface area contributed by atoms with Crippen LogP contribution < -0.4 is 26.3 Å². The smallest absolute Gasteiger partial charge is 0.263 e. The highest BCUT2D eigenvalue weighted by molar-refractivity contribution is 5.88. The summed E-state index contributed by atoms with van der Waals surface area (Å²) in [6, 6.07) is 1.64. The van der Waals surface area contributed by atoms with Gasteiger partial charge in [0, 0.05) is 6.54 Å². The number of nitrogens with two attached hydrogens (primary N) is 1.